The van der Waals surface area contributed by atoms with Crippen LogP contribution in [0, 0.1) is 0 Å². The number of carbonyl (C=O) groups is 3. The van der Waals surface area contributed by atoms with Gasteiger partial charge in [-0.25, -0.2) is 4.79 Å². The van der Waals surface area contributed by atoms with E-state index >= 15 is 0 Å². The standard InChI is InChI=1S/C12H4BrCl3O4/c13-6-3-1-5(2-4-6)9-7(8(17)11(19)20-9)10(18)12(14,15)16/h1-4H. The van der Waals surface area contributed by atoms with Crippen LogP contribution in [-0.4, -0.2) is 21.3 Å². The van der Waals surface area contributed by atoms with Crippen LogP contribution < -0.4 is 0 Å². The molecule has 0 fully saturated rings. The number of Topliss-reactive ketones (excluding diaryl/α,β-unsaturated/α-hetero) is 2. The number of rotatable bonds is 2. The van der Waals surface area contributed by atoms with Crippen LogP contribution in [0.25, 0.3) is 5.76 Å². The molecular weight excluding hydrogens is 394 g/mol. The highest BCUT2D eigenvalue weighted by Crippen LogP contribution is 2.36. The molecule has 0 saturated carbocycles. The Kier molecular flexibility index (Phi) is 4.25. The molecule has 0 aromatic heterocycles. The molecule has 4 nitrogen and oxygen atoms in total. The van der Waals surface area contributed by atoms with Crippen molar-refractivity contribution in [3.8, 4) is 0 Å². The highest BCUT2D eigenvalue weighted by Gasteiger charge is 2.45. The van der Waals surface area contributed by atoms with E-state index in [0.29, 0.717) is 5.56 Å². The van der Waals surface area contributed by atoms with Crippen molar-refractivity contribution in [3.05, 3.63) is 39.9 Å². The molecule has 1 aromatic carbocycles. The zero-order chi connectivity index (χ0) is 15.1. The number of carbonyl (C=O) groups excluding carboxylic acids is 3. The summed E-state index contributed by atoms with van der Waals surface area (Å²) in [5.74, 6) is -3.61. The quantitative estimate of drug-likeness (QED) is 0.332. The Morgan fingerprint density at radius 1 is 1.10 bits per heavy atom. The lowest BCUT2D eigenvalue weighted by atomic mass is 10.0. The van der Waals surface area contributed by atoms with Crippen LogP contribution in [-0.2, 0) is 19.1 Å². The summed E-state index contributed by atoms with van der Waals surface area (Å²) >= 11 is 19.7. The first-order valence-corrected chi connectivity index (χ1v) is 7.02. The molecule has 1 aromatic rings. The third-order valence-corrected chi connectivity index (χ3v) is 3.47. The summed E-state index contributed by atoms with van der Waals surface area (Å²) in [4.78, 5) is 35.0. The Labute approximate surface area is 136 Å². The van der Waals surface area contributed by atoms with Crippen molar-refractivity contribution in [2.45, 2.75) is 3.79 Å². The first-order valence-electron chi connectivity index (χ1n) is 5.10. The predicted octanol–water partition coefficient (Wildman–Crippen LogP) is 3.23. The summed E-state index contributed by atoms with van der Waals surface area (Å²) in [6.07, 6.45) is 0. The lowest BCUT2D eigenvalue weighted by Crippen LogP contribution is -2.26. The average molecular weight is 398 g/mol. The maximum absolute atomic E-state index is 12.0. The van der Waals surface area contributed by atoms with Gasteiger partial charge in [0.25, 0.3) is 9.58 Å². The number of benzene rings is 1. The molecular formula is C12H4BrCl3O4. The number of hydrogen-bond acceptors (Lipinski definition) is 4. The summed E-state index contributed by atoms with van der Waals surface area (Å²) in [6, 6.07) is 6.40. The van der Waals surface area contributed by atoms with Gasteiger partial charge >= 0.3 is 5.97 Å². The minimum Gasteiger partial charge on any atom is -0.419 e. The fourth-order valence-corrected chi connectivity index (χ4v) is 2.10. The molecule has 0 atom stereocenters. The predicted molar refractivity (Wildman–Crippen MR) is 77.5 cm³/mol. The summed E-state index contributed by atoms with van der Waals surface area (Å²) < 4.78 is 3.23. The van der Waals surface area contributed by atoms with E-state index in [0.717, 1.165) is 4.47 Å². The molecule has 104 valence electrons. The minimum atomic E-state index is -2.35. The highest BCUT2D eigenvalue weighted by molar-refractivity contribution is 9.10. The largest absolute Gasteiger partial charge is 0.419 e. The average Bonchev–Trinajstić information content (AvgIpc) is 2.65. The van der Waals surface area contributed by atoms with Gasteiger partial charge in [-0.05, 0) is 12.1 Å². The molecule has 0 aliphatic carbocycles. The molecule has 1 aliphatic rings. The second kappa shape index (κ2) is 5.48. The normalized spacial score (nSPS) is 15.6. The number of ketones is 2. The monoisotopic (exact) mass is 396 g/mol. The van der Waals surface area contributed by atoms with Gasteiger partial charge in [-0.15, -0.1) is 0 Å². The molecule has 1 heterocycles. The van der Waals surface area contributed by atoms with Crippen LogP contribution in [0.1, 0.15) is 5.56 Å². The maximum atomic E-state index is 12.0. The van der Waals surface area contributed by atoms with Gasteiger partial charge in [0.05, 0.1) is 0 Å². The number of cyclic esters (lactones) is 1. The lowest BCUT2D eigenvalue weighted by Gasteiger charge is -2.09. The van der Waals surface area contributed by atoms with Crippen molar-refractivity contribution < 1.29 is 19.1 Å². The van der Waals surface area contributed by atoms with Crippen molar-refractivity contribution in [2.24, 2.45) is 0 Å². The Bertz CT molecular complexity index is 644. The number of alkyl halides is 3. The summed E-state index contributed by atoms with van der Waals surface area (Å²) in [5.41, 5.74) is -0.206. The molecule has 8 heteroatoms. The highest BCUT2D eigenvalue weighted by atomic mass is 79.9. The van der Waals surface area contributed by atoms with Crippen molar-refractivity contribution in [2.75, 3.05) is 0 Å². The van der Waals surface area contributed by atoms with E-state index in [-0.39, 0.29) is 5.76 Å². The van der Waals surface area contributed by atoms with E-state index in [1.807, 2.05) is 0 Å². The zero-order valence-corrected chi connectivity index (χ0v) is 13.3. The van der Waals surface area contributed by atoms with Crippen molar-refractivity contribution in [1.82, 2.24) is 0 Å². The Hall–Kier alpha value is -0.880. The molecule has 1 aliphatic heterocycles. The SMILES string of the molecule is O=C1OC(c2ccc(Br)cc2)=C(C(=O)C(Cl)(Cl)Cl)C1=O. The van der Waals surface area contributed by atoms with Gasteiger partial charge in [0.1, 0.15) is 5.57 Å². The molecule has 0 N–H and O–H groups in total. The molecule has 0 bridgehead atoms. The summed E-state index contributed by atoms with van der Waals surface area (Å²) in [5, 5.41) is 0. The van der Waals surface area contributed by atoms with Gasteiger partial charge in [-0.1, -0.05) is 62.9 Å². The van der Waals surface area contributed by atoms with Gasteiger partial charge in [-0.3, -0.25) is 9.59 Å². The van der Waals surface area contributed by atoms with Gasteiger partial charge in [-0.2, -0.15) is 0 Å². The molecule has 0 saturated heterocycles. The van der Waals surface area contributed by atoms with Gasteiger partial charge in [0, 0.05) is 10.0 Å². The first-order chi connectivity index (χ1) is 9.21. The fraction of sp³-hybridized carbons (Fsp3) is 0.0833. The molecule has 0 spiro atoms. The van der Waals surface area contributed by atoms with E-state index in [1.165, 1.54) is 0 Å². The molecule has 0 unspecified atom stereocenters. The molecule has 20 heavy (non-hydrogen) atoms. The number of ether oxygens (including phenoxy) is 1. The lowest BCUT2D eigenvalue weighted by molar-refractivity contribution is -0.145. The Balaban J connectivity index is 2.58. The molecule has 0 amide bonds. The zero-order valence-electron chi connectivity index (χ0n) is 9.45. The number of esters is 1. The van der Waals surface area contributed by atoms with Crippen LogP contribution in [0.15, 0.2) is 34.3 Å². The second-order valence-corrected chi connectivity index (χ2v) is 6.95. The van der Waals surface area contributed by atoms with E-state index in [1.54, 1.807) is 24.3 Å². The minimum absolute atomic E-state index is 0.205. The topological polar surface area (TPSA) is 60.4 Å². The fourth-order valence-electron chi connectivity index (χ4n) is 1.55. The van der Waals surface area contributed by atoms with Gasteiger partial charge in [0.15, 0.2) is 5.76 Å². The van der Waals surface area contributed by atoms with E-state index in [9.17, 15) is 14.4 Å². The van der Waals surface area contributed by atoms with Crippen molar-refractivity contribution in [1.29, 1.82) is 0 Å². The van der Waals surface area contributed by atoms with Crippen LogP contribution in [0.5, 0.6) is 0 Å². The molecule has 2 rings (SSSR count). The van der Waals surface area contributed by atoms with Crippen LogP contribution in [0.4, 0.5) is 0 Å². The summed E-state index contributed by atoms with van der Waals surface area (Å²) in [6.45, 7) is 0. The first kappa shape index (κ1) is 15.5. The smallest absolute Gasteiger partial charge is 0.385 e. The van der Waals surface area contributed by atoms with Crippen molar-refractivity contribution in [3.63, 3.8) is 0 Å². The Morgan fingerprint density at radius 3 is 2.15 bits per heavy atom. The van der Waals surface area contributed by atoms with Crippen LogP contribution >= 0.6 is 50.7 Å². The molecule has 0 radical (unpaired) electrons. The summed E-state index contributed by atoms with van der Waals surface area (Å²) in [7, 11) is 0. The van der Waals surface area contributed by atoms with Gasteiger partial charge < -0.3 is 4.74 Å². The Morgan fingerprint density at radius 2 is 1.65 bits per heavy atom. The number of hydrogen-bond donors (Lipinski definition) is 0. The van der Waals surface area contributed by atoms with E-state index < -0.39 is 26.9 Å². The number of halogens is 4. The second-order valence-electron chi connectivity index (χ2n) is 3.76. The van der Waals surface area contributed by atoms with Crippen LogP contribution in [0.3, 0.4) is 0 Å². The third-order valence-electron chi connectivity index (χ3n) is 2.43. The van der Waals surface area contributed by atoms with E-state index in [2.05, 4.69) is 15.9 Å². The van der Waals surface area contributed by atoms with Gasteiger partial charge in [0.2, 0.25) is 5.78 Å². The maximum Gasteiger partial charge on any atom is 0.385 e. The van der Waals surface area contributed by atoms with E-state index in [4.69, 9.17) is 39.5 Å². The van der Waals surface area contributed by atoms with Crippen LogP contribution in [0.2, 0.25) is 0 Å². The van der Waals surface area contributed by atoms with Crippen molar-refractivity contribution >= 4 is 74.0 Å². The third kappa shape index (κ3) is 2.91.